The summed E-state index contributed by atoms with van der Waals surface area (Å²) in [7, 11) is 1.67. The van der Waals surface area contributed by atoms with Gasteiger partial charge in [-0.3, -0.25) is 14.6 Å². The number of thioether (sulfide) groups is 1. The van der Waals surface area contributed by atoms with E-state index >= 15 is 0 Å². The van der Waals surface area contributed by atoms with Gasteiger partial charge in [0.1, 0.15) is 11.3 Å². The van der Waals surface area contributed by atoms with Gasteiger partial charge in [0.2, 0.25) is 5.91 Å². The maximum atomic E-state index is 13.4. The van der Waals surface area contributed by atoms with Gasteiger partial charge in [0, 0.05) is 37.5 Å². The van der Waals surface area contributed by atoms with E-state index in [9.17, 15) is 4.79 Å². The van der Waals surface area contributed by atoms with Crippen molar-refractivity contribution in [1.82, 2.24) is 9.88 Å². The summed E-state index contributed by atoms with van der Waals surface area (Å²) in [5, 5.41) is 0.769. The maximum absolute atomic E-state index is 13.4. The Kier molecular flexibility index (Phi) is 11.3. The molecular formula is C27H36ClN3O3S2. The lowest BCUT2D eigenvalue weighted by molar-refractivity contribution is -0.118. The van der Waals surface area contributed by atoms with Crippen LogP contribution in [-0.4, -0.2) is 68.0 Å². The molecule has 0 N–H and O–H groups in total. The first-order valence-electron chi connectivity index (χ1n) is 12.3. The van der Waals surface area contributed by atoms with Crippen LogP contribution in [0, 0.1) is 13.8 Å². The average molecular weight is 550 g/mol. The second-order valence-electron chi connectivity index (χ2n) is 8.88. The van der Waals surface area contributed by atoms with Crippen molar-refractivity contribution < 1.29 is 14.3 Å². The van der Waals surface area contributed by atoms with Crippen LogP contribution in [0.2, 0.25) is 0 Å². The Labute approximate surface area is 228 Å². The van der Waals surface area contributed by atoms with Gasteiger partial charge in [0.15, 0.2) is 5.13 Å². The number of fused-ring (bicyclic) bond motifs is 1. The summed E-state index contributed by atoms with van der Waals surface area (Å²) in [6.07, 6.45) is 2.27. The van der Waals surface area contributed by atoms with Crippen LogP contribution in [-0.2, 0) is 9.53 Å². The fourth-order valence-electron chi connectivity index (χ4n) is 4.17. The van der Waals surface area contributed by atoms with E-state index in [1.54, 1.807) is 18.4 Å². The quantitative estimate of drug-likeness (QED) is 0.217. The molecule has 0 saturated carbocycles. The summed E-state index contributed by atoms with van der Waals surface area (Å²) >= 11 is 3.40. The highest BCUT2D eigenvalue weighted by Gasteiger charge is 2.22. The van der Waals surface area contributed by atoms with Gasteiger partial charge in [-0.25, -0.2) is 4.98 Å². The van der Waals surface area contributed by atoms with E-state index < -0.39 is 0 Å². The van der Waals surface area contributed by atoms with E-state index in [-0.39, 0.29) is 18.3 Å². The zero-order chi connectivity index (χ0) is 24.6. The van der Waals surface area contributed by atoms with Crippen molar-refractivity contribution in [1.29, 1.82) is 0 Å². The van der Waals surface area contributed by atoms with Gasteiger partial charge in [0.25, 0.3) is 0 Å². The number of benzene rings is 2. The van der Waals surface area contributed by atoms with E-state index in [2.05, 4.69) is 49.1 Å². The van der Waals surface area contributed by atoms with Gasteiger partial charge >= 0.3 is 0 Å². The number of halogens is 1. The number of hydrogen-bond donors (Lipinski definition) is 0. The summed E-state index contributed by atoms with van der Waals surface area (Å²) in [4.78, 5) is 23.9. The molecule has 196 valence electrons. The smallest absolute Gasteiger partial charge is 0.228 e. The van der Waals surface area contributed by atoms with Crippen LogP contribution in [0.3, 0.4) is 0 Å². The zero-order valence-corrected chi connectivity index (χ0v) is 23.8. The molecule has 1 aliphatic rings. The van der Waals surface area contributed by atoms with E-state index in [1.807, 2.05) is 22.7 Å². The first-order chi connectivity index (χ1) is 17.0. The molecule has 1 saturated heterocycles. The minimum absolute atomic E-state index is 0. The monoisotopic (exact) mass is 549 g/mol. The summed E-state index contributed by atoms with van der Waals surface area (Å²) in [5.41, 5.74) is 3.26. The van der Waals surface area contributed by atoms with Crippen LogP contribution in [0.5, 0.6) is 5.75 Å². The fraction of sp³-hybridized carbons (Fsp3) is 0.481. The minimum atomic E-state index is 0. The normalized spacial score (nSPS) is 14.0. The second kappa shape index (κ2) is 14.2. The molecule has 3 aromatic rings. The highest BCUT2D eigenvalue weighted by atomic mass is 35.5. The number of aryl methyl sites for hydroxylation is 2. The first-order valence-corrected chi connectivity index (χ1v) is 14.1. The highest BCUT2D eigenvalue weighted by molar-refractivity contribution is 7.99. The van der Waals surface area contributed by atoms with Crippen molar-refractivity contribution in [2.75, 3.05) is 57.2 Å². The molecule has 0 bridgehead atoms. The molecule has 0 unspecified atom stereocenters. The molecule has 9 heteroatoms. The molecular weight excluding hydrogens is 514 g/mol. The molecule has 1 fully saturated rings. The molecule has 36 heavy (non-hydrogen) atoms. The fourth-order valence-corrected chi connectivity index (χ4v) is 6.11. The summed E-state index contributed by atoms with van der Waals surface area (Å²) in [6.45, 7) is 9.31. The number of morpholine rings is 1. The Balaban J connectivity index is 0.00000361. The largest absolute Gasteiger partial charge is 0.494 e. The van der Waals surface area contributed by atoms with Crippen molar-refractivity contribution in [2.45, 2.75) is 38.0 Å². The summed E-state index contributed by atoms with van der Waals surface area (Å²) < 4.78 is 12.1. The molecule has 2 aromatic carbocycles. The molecule has 4 rings (SSSR count). The van der Waals surface area contributed by atoms with Crippen LogP contribution in [0.25, 0.3) is 10.2 Å². The Bertz CT molecular complexity index is 1120. The molecule has 0 radical (unpaired) electrons. The number of ether oxygens (including phenoxy) is 2. The predicted octanol–water partition coefficient (Wildman–Crippen LogP) is 5.97. The number of carbonyl (C=O) groups excluding carboxylic acids is 1. The lowest BCUT2D eigenvalue weighted by Gasteiger charge is -2.27. The van der Waals surface area contributed by atoms with Gasteiger partial charge in [-0.05, 0) is 56.2 Å². The number of amides is 1. The Morgan fingerprint density at radius 2 is 1.89 bits per heavy atom. The van der Waals surface area contributed by atoms with Gasteiger partial charge in [-0.2, -0.15) is 0 Å². The Hall–Kier alpha value is -1.84. The minimum Gasteiger partial charge on any atom is -0.494 e. The molecule has 6 nitrogen and oxygen atoms in total. The molecule has 1 amide bonds. The van der Waals surface area contributed by atoms with Crippen molar-refractivity contribution in [2.24, 2.45) is 0 Å². The molecule has 0 aliphatic carbocycles. The van der Waals surface area contributed by atoms with Crippen LogP contribution in [0.15, 0.2) is 41.3 Å². The first kappa shape index (κ1) is 28.7. The number of thiazole rings is 1. The third-order valence-corrected chi connectivity index (χ3v) is 8.54. The maximum Gasteiger partial charge on any atom is 0.228 e. The summed E-state index contributed by atoms with van der Waals surface area (Å²) in [5.74, 6) is 1.82. The number of carbonyl (C=O) groups is 1. The lowest BCUT2D eigenvalue weighted by Crippen LogP contribution is -2.39. The van der Waals surface area contributed by atoms with E-state index in [0.717, 1.165) is 78.1 Å². The van der Waals surface area contributed by atoms with E-state index in [4.69, 9.17) is 14.5 Å². The van der Waals surface area contributed by atoms with Gasteiger partial charge in [-0.15, -0.1) is 24.2 Å². The molecule has 1 aromatic heterocycles. The van der Waals surface area contributed by atoms with Gasteiger partial charge in [-0.1, -0.05) is 35.1 Å². The lowest BCUT2D eigenvalue weighted by atomic mass is 10.2. The third kappa shape index (κ3) is 7.59. The van der Waals surface area contributed by atoms with Crippen LogP contribution >= 0.6 is 35.5 Å². The standard InChI is InChI=1S/C27H35N3O3S2.ClH/c1-20-7-10-22(11-8-20)34-19-4-6-24(31)30(14-5-13-29-15-17-33-18-16-29)27-28-25-23(32-3)12-9-21(2)26(25)35-27;/h7-12H,4-6,13-19H2,1-3H3;1H. The SMILES string of the molecule is COc1ccc(C)c2sc(N(CCCN3CCOCC3)C(=O)CCCSc3ccc(C)cc3)nc12.Cl. The average Bonchev–Trinajstić information content (AvgIpc) is 3.32. The zero-order valence-electron chi connectivity index (χ0n) is 21.3. The number of anilines is 1. The number of methoxy groups -OCH3 is 1. The van der Waals surface area contributed by atoms with Gasteiger partial charge in [0.05, 0.1) is 25.0 Å². The number of hydrogen-bond acceptors (Lipinski definition) is 7. The Morgan fingerprint density at radius 1 is 1.14 bits per heavy atom. The predicted molar refractivity (Wildman–Crippen MR) is 154 cm³/mol. The van der Waals surface area contributed by atoms with Crippen LogP contribution in [0.4, 0.5) is 5.13 Å². The number of nitrogens with zero attached hydrogens (tertiary/aromatic N) is 3. The molecule has 0 spiro atoms. The van der Waals surface area contributed by atoms with Crippen molar-refractivity contribution in [3.63, 3.8) is 0 Å². The van der Waals surface area contributed by atoms with Crippen molar-refractivity contribution in [3.05, 3.63) is 47.5 Å². The highest BCUT2D eigenvalue weighted by Crippen LogP contribution is 2.36. The van der Waals surface area contributed by atoms with Gasteiger partial charge < -0.3 is 9.47 Å². The molecule has 1 aliphatic heterocycles. The van der Waals surface area contributed by atoms with Crippen LogP contribution in [0.1, 0.15) is 30.4 Å². The van der Waals surface area contributed by atoms with Crippen LogP contribution < -0.4 is 9.64 Å². The van der Waals surface area contributed by atoms with E-state index in [1.165, 1.54) is 10.5 Å². The Morgan fingerprint density at radius 3 is 2.61 bits per heavy atom. The van der Waals surface area contributed by atoms with Crippen molar-refractivity contribution >= 4 is 56.8 Å². The third-order valence-electron chi connectivity index (χ3n) is 6.23. The number of rotatable bonds is 11. The van der Waals surface area contributed by atoms with Crippen molar-refractivity contribution in [3.8, 4) is 5.75 Å². The molecule has 2 heterocycles. The summed E-state index contributed by atoms with van der Waals surface area (Å²) in [6, 6.07) is 12.6. The number of aromatic nitrogens is 1. The molecule has 0 atom stereocenters. The second-order valence-corrected chi connectivity index (χ2v) is 11.0. The topological polar surface area (TPSA) is 54.9 Å². The van der Waals surface area contributed by atoms with E-state index in [0.29, 0.717) is 13.0 Å².